The van der Waals surface area contributed by atoms with E-state index in [9.17, 15) is 19.8 Å². The zero-order valence-corrected chi connectivity index (χ0v) is 19.1. The topological polar surface area (TPSA) is 98.7 Å². The molecule has 0 spiro atoms. The van der Waals surface area contributed by atoms with Gasteiger partial charge in [0.2, 0.25) is 5.91 Å². The number of benzene rings is 3. The molecule has 0 aliphatic carbocycles. The molecule has 32 heavy (non-hydrogen) atoms. The highest BCUT2D eigenvalue weighted by molar-refractivity contribution is 6.05. The van der Waals surface area contributed by atoms with Crippen molar-refractivity contribution < 1.29 is 19.8 Å². The summed E-state index contributed by atoms with van der Waals surface area (Å²) in [6.45, 7) is 9.33. The van der Waals surface area contributed by atoms with Crippen molar-refractivity contribution in [1.29, 1.82) is 0 Å². The Morgan fingerprint density at radius 1 is 0.750 bits per heavy atom. The number of carbonyl (C=O) groups excluding carboxylic acids is 2. The van der Waals surface area contributed by atoms with Crippen molar-refractivity contribution in [3.8, 4) is 11.5 Å². The van der Waals surface area contributed by atoms with Gasteiger partial charge < -0.3 is 20.8 Å². The summed E-state index contributed by atoms with van der Waals surface area (Å²) < 4.78 is 0. The van der Waals surface area contributed by atoms with Crippen molar-refractivity contribution in [3.05, 3.63) is 83.4 Å². The fourth-order valence-corrected chi connectivity index (χ4v) is 3.19. The largest absolute Gasteiger partial charge is 0.506 e. The number of aromatic hydroxyl groups is 2. The first-order valence-electron chi connectivity index (χ1n) is 10.5. The molecule has 0 aromatic heterocycles. The van der Waals surface area contributed by atoms with E-state index in [4.69, 9.17) is 0 Å². The molecule has 3 rings (SSSR count). The van der Waals surface area contributed by atoms with Crippen molar-refractivity contribution in [3.63, 3.8) is 0 Å². The molecule has 0 atom stereocenters. The second-order valence-electron chi connectivity index (χ2n) is 7.59. The van der Waals surface area contributed by atoms with Crippen LogP contribution in [0.5, 0.6) is 11.5 Å². The molecular weight excluding hydrogens is 404 g/mol. The standard InChI is InChI=1S/C24H24N2O4.C2H6/c1-15(27)25-19-13-17(9-11-21(19)28)24(2,3)18-10-12-22(29)20(14-18)26-23(30)16-7-5-4-6-8-16;1-2/h4-14,28-29H,1-3H3,(H,25,27)(H,26,30);1-2H3. The smallest absolute Gasteiger partial charge is 0.255 e. The average Bonchev–Trinajstić information content (AvgIpc) is 2.78. The molecule has 3 aromatic rings. The van der Waals surface area contributed by atoms with Crippen molar-refractivity contribution in [2.24, 2.45) is 0 Å². The predicted octanol–water partition coefficient (Wildman–Crippen LogP) is 5.66. The van der Waals surface area contributed by atoms with Gasteiger partial charge >= 0.3 is 0 Å². The number of hydrogen-bond donors (Lipinski definition) is 4. The lowest BCUT2D eigenvalue weighted by Crippen LogP contribution is -2.20. The maximum Gasteiger partial charge on any atom is 0.255 e. The van der Waals surface area contributed by atoms with Crippen LogP contribution in [0.3, 0.4) is 0 Å². The lowest BCUT2D eigenvalue weighted by atomic mass is 9.77. The van der Waals surface area contributed by atoms with E-state index < -0.39 is 5.41 Å². The van der Waals surface area contributed by atoms with E-state index in [1.54, 1.807) is 48.5 Å². The quantitative estimate of drug-likeness (QED) is 0.389. The Bertz CT molecular complexity index is 1090. The van der Waals surface area contributed by atoms with Crippen LogP contribution < -0.4 is 10.6 Å². The minimum absolute atomic E-state index is 0.0220. The lowest BCUT2D eigenvalue weighted by Gasteiger charge is -2.27. The minimum atomic E-state index is -0.541. The number of hydrogen-bond acceptors (Lipinski definition) is 4. The van der Waals surface area contributed by atoms with Crippen LogP contribution in [-0.4, -0.2) is 22.0 Å². The predicted molar refractivity (Wildman–Crippen MR) is 128 cm³/mol. The van der Waals surface area contributed by atoms with E-state index in [1.807, 2.05) is 33.8 Å². The third-order valence-corrected chi connectivity index (χ3v) is 5.03. The van der Waals surface area contributed by atoms with Gasteiger partial charge in [0.25, 0.3) is 5.91 Å². The van der Waals surface area contributed by atoms with Crippen LogP contribution >= 0.6 is 0 Å². The summed E-state index contributed by atoms with van der Waals surface area (Å²) in [6, 6.07) is 18.8. The molecule has 6 nitrogen and oxygen atoms in total. The molecule has 0 fully saturated rings. The molecule has 0 bridgehead atoms. The second-order valence-corrected chi connectivity index (χ2v) is 7.59. The van der Waals surface area contributed by atoms with E-state index in [-0.39, 0.29) is 23.3 Å². The van der Waals surface area contributed by atoms with Gasteiger partial charge in [0.05, 0.1) is 11.4 Å². The maximum atomic E-state index is 12.5. The van der Waals surface area contributed by atoms with Gasteiger partial charge in [-0.05, 0) is 47.5 Å². The van der Waals surface area contributed by atoms with Crippen molar-refractivity contribution >= 4 is 23.2 Å². The van der Waals surface area contributed by atoms with Gasteiger partial charge in [0.15, 0.2) is 0 Å². The number of nitrogens with one attached hydrogen (secondary N) is 2. The molecule has 0 aliphatic heterocycles. The van der Waals surface area contributed by atoms with Gasteiger partial charge in [-0.25, -0.2) is 0 Å². The van der Waals surface area contributed by atoms with Gasteiger partial charge in [-0.2, -0.15) is 0 Å². The summed E-state index contributed by atoms with van der Waals surface area (Å²) in [5, 5.41) is 25.6. The SMILES string of the molecule is CC.CC(=O)Nc1cc(C(C)(C)c2ccc(O)c(NC(=O)c3ccccc3)c2)ccc1O. The third-order valence-electron chi connectivity index (χ3n) is 5.03. The normalized spacial score (nSPS) is 10.5. The van der Waals surface area contributed by atoms with Gasteiger partial charge in [0, 0.05) is 17.9 Å². The molecule has 0 heterocycles. The highest BCUT2D eigenvalue weighted by Gasteiger charge is 2.25. The van der Waals surface area contributed by atoms with Gasteiger partial charge in [-0.1, -0.05) is 58.0 Å². The van der Waals surface area contributed by atoms with Crippen molar-refractivity contribution in [2.45, 2.75) is 40.0 Å². The molecule has 4 N–H and O–H groups in total. The van der Waals surface area contributed by atoms with E-state index in [1.165, 1.54) is 19.1 Å². The van der Waals surface area contributed by atoms with Crippen LogP contribution in [0.4, 0.5) is 11.4 Å². The summed E-state index contributed by atoms with van der Waals surface area (Å²) in [5.74, 6) is -0.663. The Labute approximate surface area is 188 Å². The lowest BCUT2D eigenvalue weighted by molar-refractivity contribution is -0.114. The highest BCUT2D eigenvalue weighted by atomic mass is 16.3. The molecule has 0 saturated carbocycles. The number of anilines is 2. The number of carbonyl (C=O) groups is 2. The monoisotopic (exact) mass is 434 g/mol. The summed E-state index contributed by atoms with van der Waals surface area (Å²) in [7, 11) is 0. The second kappa shape index (κ2) is 10.5. The Morgan fingerprint density at radius 3 is 1.69 bits per heavy atom. The van der Waals surface area contributed by atoms with E-state index in [0.29, 0.717) is 16.9 Å². The zero-order valence-electron chi connectivity index (χ0n) is 19.1. The highest BCUT2D eigenvalue weighted by Crippen LogP contribution is 2.38. The maximum absolute atomic E-state index is 12.5. The van der Waals surface area contributed by atoms with Gasteiger partial charge in [-0.3, -0.25) is 9.59 Å². The van der Waals surface area contributed by atoms with Crippen LogP contribution in [0.25, 0.3) is 0 Å². The van der Waals surface area contributed by atoms with E-state index in [2.05, 4.69) is 10.6 Å². The number of phenolic OH excluding ortho intramolecular Hbond substituents is 2. The first-order chi connectivity index (χ1) is 15.2. The number of phenols is 2. The summed E-state index contributed by atoms with van der Waals surface area (Å²) in [6.07, 6.45) is 0. The molecule has 3 aromatic carbocycles. The fraction of sp³-hybridized carbons (Fsp3) is 0.231. The summed E-state index contributed by atoms with van der Waals surface area (Å²) >= 11 is 0. The molecule has 0 radical (unpaired) electrons. The summed E-state index contributed by atoms with van der Waals surface area (Å²) in [5.41, 5.74) is 2.25. The third kappa shape index (κ3) is 5.66. The first kappa shape index (κ1) is 24.5. The van der Waals surface area contributed by atoms with Crippen LogP contribution in [0.15, 0.2) is 66.7 Å². The average molecular weight is 435 g/mol. The Balaban J connectivity index is 0.00000176. The van der Waals surface area contributed by atoms with E-state index >= 15 is 0 Å². The van der Waals surface area contributed by atoms with Crippen LogP contribution in [0, 0.1) is 0 Å². The molecule has 6 heteroatoms. The Morgan fingerprint density at radius 2 is 1.22 bits per heavy atom. The van der Waals surface area contributed by atoms with Gasteiger partial charge in [0.1, 0.15) is 11.5 Å². The molecule has 0 aliphatic rings. The fourth-order valence-electron chi connectivity index (χ4n) is 3.19. The van der Waals surface area contributed by atoms with Crippen LogP contribution in [0.2, 0.25) is 0 Å². The summed E-state index contributed by atoms with van der Waals surface area (Å²) in [4.78, 5) is 23.9. The van der Waals surface area contributed by atoms with Crippen molar-refractivity contribution in [2.75, 3.05) is 10.6 Å². The first-order valence-corrected chi connectivity index (χ1v) is 10.5. The minimum Gasteiger partial charge on any atom is -0.506 e. The van der Waals surface area contributed by atoms with Gasteiger partial charge in [-0.15, -0.1) is 0 Å². The van der Waals surface area contributed by atoms with Crippen LogP contribution in [-0.2, 0) is 10.2 Å². The molecule has 0 saturated heterocycles. The molecule has 2 amide bonds. The van der Waals surface area contributed by atoms with Crippen molar-refractivity contribution in [1.82, 2.24) is 0 Å². The Kier molecular flexibility index (Phi) is 8.02. The van der Waals surface area contributed by atoms with E-state index in [0.717, 1.165) is 11.1 Å². The zero-order chi connectivity index (χ0) is 23.9. The number of amides is 2. The molecular formula is C26H30N2O4. The van der Waals surface area contributed by atoms with Crippen LogP contribution in [0.1, 0.15) is 56.1 Å². The molecule has 0 unspecified atom stereocenters. The number of rotatable bonds is 5. The molecule has 168 valence electrons. The Hall–Kier alpha value is -3.80.